The molecule has 1 aliphatic rings. The van der Waals surface area contributed by atoms with E-state index in [-0.39, 0.29) is 10.9 Å². The monoisotopic (exact) mass is 393 g/mol. The Morgan fingerprint density at radius 3 is 2.64 bits per heavy atom. The fourth-order valence-corrected chi connectivity index (χ4v) is 3.55. The number of hydrogen-bond donors (Lipinski definition) is 1. The van der Waals surface area contributed by atoms with Crippen LogP contribution >= 0.6 is 35.4 Å². The normalized spacial score (nSPS) is 14.4. The van der Waals surface area contributed by atoms with Crippen molar-refractivity contribution in [1.29, 1.82) is 0 Å². The van der Waals surface area contributed by atoms with Crippen LogP contribution in [0.4, 0.5) is 5.95 Å². The number of rotatable bonds is 2. The van der Waals surface area contributed by atoms with Crippen LogP contribution < -0.4 is 10.5 Å². The maximum Gasteiger partial charge on any atom is 0.264 e. The van der Waals surface area contributed by atoms with Gasteiger partial charge in [-0.15, -0.1) is 0 Å². The van der Waals surface area contributed by atoms with Gasteiger partial charge in [0.1, 0.15) is 16.4 Å². The molecular formula is C16H13Cl2N5OS. The molecule has 1 aliphatic heterocycles. The number of H-pyrrole nitrogens is 1. The lowest BCUT2D eigenvalue weighted by atomic mass is 10.3. The van der Waals surface area contributed by atoms with Crippen LogP contribution in [0.2, 0.25) is 10.0 Å². The molecule has 2 aromatic heterocycles. The molecule has 1 N–H and O–H groups in total. The van der Waals surface area contributed by atoms with Crippen LogP contribution in [0.1, 0.15) is 12.8 Å². The standard InChI is InChI=1S/C16H13Cl2N5OS/c17-10-4-3-9(7-11(10)18)23-8-19-13-12(15(23)25)14(24)21-16(20-13)22-5-1-2-6-22/h3-4,7-8H,1-2,5-6H2,(H,20,21,24). The van der Waals surface area contributed by atoms with Gasteiger partial charge in [0.25, 0.3) is 5.56 Å². The van der Waals surface area contributed by atoms with E-state index in [9.17, 15) is 4.79 Å². The third-order valence-electron chi connectivity index (χ3n) is 4.20. The van der Waals surface area contributed by atoms with Gasteiger partial charge in [0.05, 0.1) is 10.0 Å². The molecular weight excluding hydrogens is 381 g/mol. The highest BCUT2D eigenvalue weighted by atomic mass is 35.5. The number of aromatic amines is 1. The lowest BCUT2D eigenvalue weighted by Crippen LogP contribution is -2.24. The van der Waals surface area contributed by atoms with Gasteiger partial charge in [-0.1, -0.05) is 35.4 Å². The van der Waals surface area contributed by atoms with Gasteiger partial charge in [0.15, 0.2) is 5.65 Å². The van der Waals surface area contributed by atoms with E-state index in [1.807, 2.05) is 4.90 Å². The zero-order valence-electron chi connectivity index (χ0n) is 13.0. The number of fused-ring (bicyclic) bond motifs is 1. The molecule has 4 rings (SSSR count). The summed E-state index contributed by atoms with van der Waals surface area (Å²) >= 11 is 17.5. The minimum absolute atomic E-state index is 0.284. The van der Waals surface area contributed by atoms with E-state index in [2.05, 4.69) is 15.0 Å². The van der Waals surface area contributed by atoms with Gasteiger partial charge in [0, 0.05) is 18.8 Å². The van der Waals surface area contributed by atoms with Crippen LogP contribution in [0.15, 0.2) is 29.3 Å². The number of nitrogens with one attached hydrogen (secondary N) is 1. The molecule has 128 valence electrons. The van der Waals surface area contributed by atoms with Crippen LogP contribution in [0.5, 0.6) is 0 Å². The predicted octanol–water partition coefficient (Wildman–Crippen LogP) is 3.75. The summed E-state index contributed by atoms with van der Waals surface area (Å²) < 4.78 is 1.94. The maximum atomic E-state index is 12.6. The third kappa shape index (κ3) is 2.92. The molecule has 0 aliphatic carbocycles. The summed E-state index contributed by atoms with van der Waals surface area (Å²) in [5.41, 5.74) is 0.725. The van der Waals surface area contributed by atoms with Gasteiger partial charge >= 0.3 is 0 Å². The summed E-state index contributed by atoms with van der Waals surface area (Å²) in [7, 11) is 0. The highest BCUT2D eigenvalue weighted by molar-refractivity contribution is 7.71. The molecule has 0 saturated carbocycles. The zero-order valence-corrected chi connectivity index (χ0v) is 15.3. The minimum atomic E-state index is -0.293. The first-order valence-electron chi connectivity index (χ1n) is 7.76. The topological polar surface area (TPSA) is 66.8 Å². The average molecular weight is 394 g/mol. The number of benzene rings is 1. The largest absolute Gasteiger partial charge is 0.342 e. The Labute approximate surface area is 158 Å². The predicted molar refractivity (Wildman–Crippen MR) is 102 cm³/mol. The van der Waals surface area contributed by atoms with E-state index in [1.165, 1.54) is 0 Å². The highest BCUT2D eigenvalue weighted by Crippen LogP contribution is 2.25. The van der Waals surface area contributed by atoms with Gasteiger partial charge in [-0.2, -0.15) is 4.98 Å². The molecule has 0 atom stereocenters. The van der Waals surface area contributed by atoms with Crippen molar-refractivity contribution in [2.45, 2.75) is 12.8 Å². The lowest BCUT2D eigenvalue weighted by Gasteiger charge is -2.16. The number of nitrogens with zero attached hydrogens (tertiary/aromatic N) is 4. The van der Waals surface area contributed by atoms with Crippen molar-refractivity contribution in [1.82, 2.24) is 19.5 Å². The first-order valence-corrected chi connectivity index (χ1v) is 8.93. The van der Waals surface area contributed by atoms with Crippen LogP contribution in [0, 0.1) is 4.64 Å². The molecule has 3 aromatic rings. The van der Waals surface area contributed by atoms with Crippen LogP contribution in [0.3, 0.4) is 0 Å². The molecule has 3 heterocycles. The van der Waals surface area contributed by atoms with Crippen molar-refractivity contribution in [3.63, 3.8) is 0 Å². The van der Waals surface area contributed by atoms with Crippen LogP contribution in [-0.4, -0.2) is 32.6 Å². The second-order valence-corrected chi connectivity index (χ2v) is 7.00. The molecule has 1 fully saturated rings. The molecule has 25 heavy (non-hydrogen) atoms. The quantitative estimate of drug-likeness (QED) is 0.671. The van der Waals surface area contributed by atoms with Gasteiger partial charge in [-0.25, -0.2) is 4.98 Å². The summed E-state index contributed by atoms with van der Waals surface area (Å²) in [5.74, 6) is 0.546. The summed E-state index contributed by atoms with van der Waals surface area (Å²) in [4.78, 5) is 26.3. The van der Waals surface area contributed by atoms with Gasteiger partial charge in [0.2, 0.25) is 5.95 Å². The SMILES string of the molecule is O=c1[nH]c(N2CCCC2)nc2ncn(-c3ccc(Cl)c(Cl)c3)c(=S)c12. The first kappa shape index (κ1) is 16.5. The third-order valence-corrected chi connectivity index (χ3v) is 5.34. The molecule has 9 heteroatoms. The molecule has 0 amide bonds. The van der Waals surface area contributed by atoms with Crippen LogP contribution in [0.25, 0.3) is 16.7 Å². The molecule has 6 nitrogen and oxygen atoms in total. The molecule has 0 spiro atoms. The Kier molecular flexibility index (Phi) is 4.23. The van der Waals surface area contributed by atoms with Gasteiger partial charge in [-0.05, 0) is 31.0 Å². The number of hydrogen-bond acceptors (Lipinski definition) is 5. The summed E-state index contributed by atoms with van der Waals surface area (Å²) in [6.07, 6.45) is 3.73. The zero-order chi connectivity index (χ0) is 17.6. The molecule has 1 aromatic carbocycles. The van der Waals surface area contributed by atoms with Crippen LogP contribution in [-0.2, 0) is 0 Å². The molecule has 0 radical (unpaired) electrons. The molecule has 0 bridgehead atoms. The van der Waals surface area contributed by atoms with Crippen molar-refractivity contribution in [3.05, 3.63) is 49.6 Å². The molecule has 1 saturated heterocycles. The van der Waals surface area contributed by atoms with Crippen molar-refractivity contribution in [2.75, 3.05) is 18.0 Å². The smallest absolute Gasteiger partial charge is 0.264 e. The number of halogens is 2. The van der Waals surface area contributed by atoms with E-state index in [0.717, 1.165) is 25.9 Å². The fraction of sp³-hybridized carbons (Fsp3) is 0.250. The average Bonchev–Trinajstić information content (AvgIpc) is 3.12. The van der Waals surface area contributed by atoms with E-state index in [1.54, 1.807) is 29.1 Å². The van der Waals surface area contributed by atoms with Gasteiger partial charge < -0.3 is 4.90 Å². The van der Waals surface area contributed by atoms with E-state index < -0.39 is 0 Å². The number of anilines is 1. The van der Waals surface area contributed by atoms with Crippen molar-refractivity contribution < 1.29 is 0 Å². The first-order chi connectivity index (χ1) is 12.0. The Balaban J connectivity index is 1.89. The highest BCUT2D eigenvalue weighted by Gasteiger charge is 2.17. The molecule has 0 unspecified atom stereocenters. The van der Waals surface area contributed by atoms with Crippen molar-refractivity contribution >= 4 is 52.4 Å². The second kappa shape index (κ2) is 6.40. The fourth-order valence-electron chi connectivity index (χ4n) is 2.92. The van der Waals surface area contributed by atoms with E-state index in [4.69, 9.17) is 35.4 Å². The summed E-state index contributed by atoms with van der Waals surface area (Å²) in [6.45, 7) is 1.76. The van der Waals surface area contributed by atoms with Crippen molar-refractivity contribution in [3.8, 4) is 5.69 Å². The Bertz CT molecular complexity index is 1090. The minimum Gasteiger partial charge on any atom is -0.342 e. The maximum absolute atomic E-state index is 12.6. The van der Waals surface area contributed by atoms with Gasteiger partial charge in [-0.3, -0.25) is 14.3 Å². The van der Waals surface area contributed by atoms with E-state index >= 15 is 0 Å². The number of aromatic nitrogens is 4. The Hall–Kier alpha value is -1.96. The lowest BCUT2D eigenvalue weighted by molar-refractivity contribution is 0.890. The van der Waals surface area contributed by atoms with Crippen molar-refractivity contribution in [2.24, 2.45) is 0 Å². The second-order valence-electron chi connectivity index (χ2n) is 5.80. The summed E-state index contributed by atoms with van der Waals surface area (Å²) in [5, 5.41) is 1.13. The summed E-state index contributed by atoms with van der Waals surface area (Å²) in [6, 6.07) is 5.11. The van der Waals surface area contributed by atoms with E-state index in [0.29, 0.717) is 32.0 Å². The Morgan fingerprint density at radius 1 is 1.16 bits per heavy atom. The Morgan fingerprint density at radius 2 is 1.92 bits per heavy atom.